The van der Waals surface area contributed by atoms with Crippen molar-refractivity contribution in [3.63, 3.8) is 0 Å². The number of hydrogen-bond acceptors (Lipinski definition) is 3. The molecule has 120 valence electrons. The summed E-state index contributed by atoms with van der Waals surface area (Å²) in [4.78, 5) is 17.3. The fraction of sp³-hybridized carbons (Fsp3) is 0.933. The van der Waals surface area contributed by atoms with E-state index >= 15 is 0 Å². The Morgan fingerprint density at radius 2 is 1.60 bits per heavy atom. The molecule has 0 aromatic heterocycles. The second kappa shape index (κ2) is 7.05. The molecular weight excluding hydrogens is 270 g/mol. The molecule has 0 aromatic carbocycles. The normalized spacial score (nSPS) is 16.1. The Bertz CT molecular complexity index is 324. The highest BCUT2D eigenvalue weighted by Gasteiger charge is 2.42. The Balaban J connectivity index is 5.14. The third kappa shape index (κ3) is 4.86. The van der Waals surface area contributed by atoms with Crippen LogP contribution < -0.4 is 0 Å². The monoisotopic (exact) mass is 303 g/mol. The fourth-order valence-corrected chi connectivity index (χ4v) is 3.36. The number of nitrogens with zero attached hydrogens (tertiary/aromatic N) is 1. The van der Waals surface area contributed by atoms with Gasteiger partial charge in [-0.3, -0.25) is 9.63 Å². The third-order valence-corrected chi connectivity index (χ3v) is 8.83. The molecule has 2 atom stereocenters. The zero-order chi connectivity index (χ0) is 16.3. The lowest BCUT2D eigenvalue weighted by Crippen LogP contribution is -2.49. The van der Waals surface area contributed by atoms with Gasteiger partial charge in [-0.25, -0.2) is 5.06 Å². The van der Waals surface area contributed by atoms with Crippen LogP contribution in [0, 0.1) is 11.8 Å². The lowest BCUT2D eigenvalue weighted by Gasteiger charge is -2.42. The molecule has 0 unspecified atom stereocenters. The van der Waals surface area contributed by atoms with Crippen LogP contribution in [0.2, 0.25) is 18.1 Å². The van der Waals surface area contributed by atoms with Crippen LogP contribution in [0.3, 0.4) is 0 Å². The number of hydroxylamine groups is 2. The van der Waals surface area contributed by atoms with Crippen LogP contribution in [0.25, 0.3) is 0 Å². The van der Waals surface area contributed by atoms with Crippen LogP contribution in [0.1, 0.15) is 41.5 Å². The molecule has 0 spiro atoms. The molecule has 0 aliphatic carbocycles. The molecule has 4 nitrogen and oxygen atoms in total. The molecular formula is C15H33NO3Si. The van der Waals surface area contributed by atoms with Gasteiger partial charge in [0.25, 0.3) is 5.91 Å². The maximum absolute atomic E-state index is 12.3. The maximum atomic E-state index is 12.3. The van der Waals surface area contributed by atoms with E-state index in [1.165, 1.54) is 12.2 Å². The molecule has 0 aromatic rings. The smallest absolute Gasteiger partial charge is 0.251 e. The lowest BCUT2D eigenvalue weighted by molar-refractivity contribution is -0.176. The topological polar surface area (TPSA) is 38.8 Å². The van der Waals surface area contributed by atoms with E-state index in [-0.39, 0.29) is 28.9 Å². The summed E-state index contributed by atoms with van der Waals surface area (Å²) in [7, 11) is 1.25. The zero-order valence-electron chi connectivity index (χ0n) is 14.9. The Hall–Kier alpha value is -0.393. The fourth-order valence-electron chi connectivity index (χ4n) is 1.85. The Morgan fingerprint density at radius 3 is 1.90 bits per heavy atom. The highest BCUT2D eigenvalue weighted by Crippen LogP contribution is 2.39. The summed E-state index contributed by atoms with van der Waals surface area (Å²) in [6.07, 6.45) is -0.0824. The summed E-state index contributed by atoms with van der Waals surface area (Å²) < 4.78 is 6.48. The van der Waals surface area contributed by atoms with Crippen molar-refractivity contribution >= 4 is 14.2 Å². The summed E-state index contributed by atoms with van der Waals surface area (Å²) in [5, 5.41) is 1.42. The van der Waals surface area contributed by atoms with E-state index in [2.05, 4.69) is 47.7 Å². The van der Waals surface area contributed by atoms with Gasteiger partial charge in [0.1, 0.15) is 0 Å². The van der Waals surface area contributed by atoms with Gasteiger partial charge >= 0.3 is 0 Å². The Kier molecular flexibility index (Phi) is 6.91. The Labute approximate surface area is 125 Å². The summed E-state index contributed by atoms with van der Waals surface area (Å²) in [6, 6.07) is 0. The van der Waals surface area contributed by atoms with Crippen LogP contribution in [-0.4, -0.2) is 39.5 Å². The molecule has 0 fully saturated rings. The van der Waals surface area contributed by atoms with Gasteiger partial charge in [-0.15, -0.1) is 0 Å². The standard InChI is InChI=1S/C15H33NO3Si/c1-11(2)13(12(3)14(17)16(7)18-8)19-20(9,10)15(4,5)6/h11-13H,1-10H3/t12-,13+/m1/s1. The number of hydrogen-bond donors (Lipinski definition) is 0. The third-order valence-electron chi connectivity index (χ3n) is 4.36. The first-order valence-corrected chi connectivity index (χ1v) is 10.3. The van der Waals surface area contributed by atoms with E-state index in [0.29, 0.717) is 0 Å². The molecule has 0 rings (SSSR count). The van der Waals surface area contributed by atoms with Gasteiger partial charge in [0.15, 0.2) is 8.32 Å². The minimum Gasteiger partial charge on any atom is -0.413 e. The first-order valence-electron chi connectivity index (χ1n) is 7.34. The van der Waals surface area contributed by atoms with Crippen molar-refractivity contribution in [1.82, 2.24) is 5.06 Å². The molecule has 0 radical (unpaired) electrons. The van der Waals surface area contributed by atoms with E-state index < -0.39 is 8.32 Å². The summed E-state index contributed by atoms with van der Waals surface area (Å²) >= 11 is 0. The minimum atomic E-state index is -1.90. The van der Waals surface area contributed by atoms with Gasteiger partial charge < -0.3 is 4.43 Å². The van der Waals surface area contributed by atoms with Crippen LogP contribution in [-0.2, 0) is 14.1 Å². The molecule has 5 heteroatoms. The predicted molar refractivity (Wildman–Crippen MR) is 85.9 cm³/mol. The highest BCUT2D eigenvalue weighted by molar-refractivity contribution is 6.74. The predicted octanol–water partition coefficient (Wildman–Crippen LogP) is 3.69. The quantitative estimate of drug-likeness (QED) is 0.555. The first-order chi connectivity index (χ1) is 8.85. The van der Waals surface area contributed by atoms with E-state index in [1.807, 2.05) is 6.92 Å². The SMILES string of the molecule is CON(C)C(=O)[C@H](C)[C@@H](O[Si](C)(C)C(C)(C)C)C(C)C. The average molecular weight is 304 g/mol. The van der Waals surface area contributed by atoms with Crippen LogP contribution in [0.5, 0.6) is 0 Å². The van der Waals surface area contributed by atoms with Gasteiger partial charge in [-0.2, -0.15) is 0 Å². The van der Waals surface area contributed by atoms with Crippen LogP contribution in [0.4, 0.5) is 0 Å². The molecule has 20 heavy (non-hydrogen) atoms. The van der Waals surface area contributed by atoms with E-state index in [0.717, 1.165) is 0 Å². The van der Waals surface area contributed by atoms with Gasteiger partial charge in [-0.05, 0) is 24.1 Å². The van der Waals surface area contributed by atoms with Crippen LogP contribution in [0.15, 0.2) is 0 Å². The van der Waals surface area contributed by atoms with E-state index in [4.69, 9.17) is 9.26 Å². The second-order valence-electron chi connectivity index (χ2n) is 7.39. The highest BCUT2D eigenvalue weighted by atomic mass is 28.4. The van der Waals surface area contributed by atoms with Crippen molar-refractivity contribution < 1.29 is 14.1 Å². The molecule has 0 N–H and O–H groups in total. The average Bonchev–Trinajstić information content (AvgIpc) is 2.31. The number of carbonyl (C=O) groups is 1. The van der Waals surface area contributed by atoms with Gasteiger partial charge in [-0.1, -0.05) is 41.5 Å². The maximum Gasteiger partial charge on any atom is 0.251 e. The molecule has 1 amide bonds. The van der Waals surface area contributed by atoms with Crippen molar-refractivity contribution in [3.05, 3.63) is 0 Å². The van der Waals surface area contributed by atoms with Crippen molar-refractivity contribution in [2.75, 3.05) is 14.2 Å². The molecule has 0 bridgehead atoms. The molecule has 0 aliphatic rings. The first kappa shape index (κ1) is 19.6. The number of rotatable bonds is 6. The minimum absolute atomic E-state index is 0.0371. The summed E-state index contributed by atoms with van der Waals surface area (Å²) in [5.74, 6) is 0.0346. The summed E-state index contributed by atoms with van der Waals surface area (Å²) in [5.41, 5.74) is 0. The molecule has 0 aliphatic heterocycles. The van der Waals surface area contributed by atoms with Crippen molar-refractivity contribution in [2.45, 2.75) is 65.8 Å². The Morgan fingerprint density at radius 1 is 1.15 bits per heavy atom. The van der Waals surface area contributed by atoms with Crippen molar-refractivity contribution in [2.24, 2.45) is 11.8 Å². The van der Waals surface area contributed by atoms with Gasteiger partial charge in [0.05, 0.1) is 19.1 Å². The zero-order valence-corrected chi connectivity index (χ0v) is 15.9. The molecule has 0 saturated heterocycles. The van der Waals surface area contributed by atoms with Crippen LogP contribution >= 0.6 is 0 Å². The van der Waals surface area contributed by atoms with Crippen molar-refractivity contribution in [1.29, 1.82) is 0 Å². The van der Waals surface area contributed by atoms with Gasteiger partial charge in [0.2, 0.25) is 0 Å². The largest absolute Gasteiger partial charge is 0.413 e. The van der Waals surface area contributed by atoms with E-state index in [9.17, 15) is 4.79 Å². The van der Waals surface area contributed by atoms with E-state index in [1.54, 1.807) is 7.05 Å². The summed E-state index contributed by atoms with van der Waals surface area (Å²) in [6.45, 7) is 17.2. The second-order valence-corrected chi connectivity index (χ2v) is 12.2. The van der Waals surface area contributed by atoms with Crippen molar-refractivity contribution in [3.8, 4) is 0 Å². The molecule has 0 heterocycles. The van der Waals surface area contributed by atoms with Gasteiger partial charge in [0, 0.05) is 7.05 Å². The lowest BCUT2D eigenvalue weighted by atomic mass is 9.94. The number of carbonyl (C=O) groups excluding carboxylic acids is 1. The number of amides is 1. The molecule has 0 saturated carbocycles.